The van der Waals surface area contributed by atoms with Gasteiger partial charge in [-0.3, -0.25) is 9.97 Å². The van der Waals surface area contributed by atoms with E-state index >= 15 is 0 Å². The summed E-state index contributed by atoms with van der Waals surface area (Å²) < 4.78 is 4.88. The number of ether oxygens (including phenoxy) is 1. The number of carboxylic acids is 1. The smallest absolute Gasteiger partial charge is 0.369 e. The summed E-state index contributed by atoms with van der Waals surface area (Å²) in [6.07, 6.45) is 3.46. The van der Waals surface area contributed by atoms with Crippen LogP contribution < -0.4 is 9.80 Å². The molecule has 0 saturated heterocycles. The van der Waals surface area contributed by atoms with Gasteiger partial charge in [0.25, 0.3) is 0 Å². The molecule has 0 aliphatic heterocycles. The SMILES string of the molecule is CCOC(=O)c1nnc(N(C)Cc2ccccn2)s1.CN(Cc1ccccn1)c1nnc(C(=O)O)s1. The molecule has 0 unspecified atom stereocenters. The number of anilines is 2. The van der Waals surface area contributed by atoms with Crippen LogP contribution in [0.15, 0.2) is 48.8 Å². The van der Waals surface area contributed by atoms with Gasteiger partial charge in [-0.05, 0) is 31.2 Å². The molecule has 4 heterocycles. The molecule has 0 amide bonds. The highest BCUT2D eigenvalue weighted by Gasteiger charge is 2.16. The third-order valence-electron chi connectivity index (χ3n) is 4.37. The van der Waals surface area contributed by atoms with E-state index in [-0.39, 0.29) is 10.0 Å². The largest absolute Gasteiger partial charge is 0.476 e. The lowest BCUT2D eigenvalue weighted by Crippen LogP contribution is -2.16. The Morgan fingerprint density at radius 1 is 0.833 bits per heavy atom. The molecular weight excluding hydrogens is 504 g/mol. The number of carboxylic acid groups (broad SMARTS) is 1. The van der Waals surface area contributed by atoms with Crippen molar-refractivity contribution < 1.29 is 19.4 Å². The first-order chi connectivity index (χ1) is 17.4. The van der Waals surface area contributed by atoms with Crippen LogP contribution >= 0.6 is 22.7 Å². The molecule has 0 aromatic carbocycles. The minimum atomic E-state index is -1.06. The predicted molar refractivity (Wildman–Crippen MR) is 135 cm³/mol. The Kier molecular flexibility index (Phi) is 9.71. The molecule has 0 atom stereocenters. The Balaban J connectivity index is 0.000000202. The number of nitrogens with zero attached hydrogens (tertiary/aromatic N) is 8. The van der Waals surface area contributed by atoms with E-state index in [1.54, 1.807) is 19.3 Å². The van der Waals surface area contributed by atoms with Crippen molar-refractivity contribution in [3.8, 4) is 0 Å². The van der Waals surface area contributed by atoms with Gasteiger partial charge in [-0.25, -0.2) is 9.59 Å². The topological polar surface area (TPSA) is 147 Å². The fourth-order valence-electron chi connectivity index (χ4n) is 2.71. The average Bonchev–Trinajstić information content (AvgIpc) is 3.57. The molecule has 4 aromatic heterocycles. The van der Waals surface area contributed by atoms with Gasteiger partial charge in [0, 0.05) is 26.5 Å². The average molecular weight is 529 g/mol. The Labute approximate surface area is 215 Å². The van der Waals surface area contributed by atoms with Gasteiger partial charge in [-0.15, -0.1) is 20.4 Å². The number of hydrogen-bond acceptors (Lipinski definition) is 13. The highest BCUT2D eigenvalue weighted by atomic mass is 32.1. The fourth-order valence-corrected chi connectivity index (χ4v) is 4.05. The molecule has 4 aromatic rings. The maximum atomic E-state index is 11.5. The zero-order valence-electron chi connectivity index (χ0n) is 19.8. The number of pyridine rings is 2. The highest BCUT2D eigenvalue weighted by molar-refractivity contribution is 7.17. The molecule has 0 bridgehead atoms. The highest BCUT2D eigenvalue weighted by Crippen LogP contribution is 2.21. The van der Waals surface area contributed by atoms with Gasteiger partial charge >= 0.3 is 11.9 Å². The van der Waals surface area contributed by atoms with Gasteiger partial charge < -0.3 is 19.6 Å². The van der Waals surface area contributed by atoms with E-state index < -0.39 is 11.9 Å². The van der Waals surface area contributed by atoms with Crippen LogP contribution in [-0.4, -0.2) is 68.1 Å². The molecule has 0 aliphatic carbocycles. The molecule has 188 valence electrons. The molecule has 0 saturated carbocycles. The number of aromatic nitrogens is 6. The third kappa shape index (κ3) is 7.74. The number of carbonyl (C=O) groups is 2. The molecule has 4 rings (SSSR count). The molecule has 0 fully saturated rings. The van der Waals surface area contributed by atoms with Crippen LogP contribution in [0.4, 0.5) is 10.3 Å². The van der Waals surface area contributed by atoms with Gasteiger partial charge in [0.1, 0.15) is 0 Å². The summed E-state index contributed by atoms with van der Waals surface area (Å²) in [6.45, 7) is 3.26. The number of esters is 1. The summed E-state index contributed by atoms with van der Waals surface area (Å²) in [5, 5.41) is 25.4. The quantitative estimate of drug-likeness (QED) is 0.318. The van der Waals surface area contributed by atoms with Gasteiger partial charge in [0.15, 0.2) is 0 Å². The summed E-state index contributed by atoms with van der Waals surface area (Å²) >= 11 is 2.25. The summed E-state index contributed by atoms with van der Waals surface area (Å²) in [5.74, 6) is -1.49. The van der Waals surface area contributed by atoms with E-state index in [0.29, 0.717) is 30.0 Å². The molecule has 36 heavy (non-hydrogen) atoms. The zero-order chi connectivity index (χ0) is 25.9. The first-order valence-electron chi connectivity index (χ1n) is 10.7. The van der Waals surface area contributed by atoms with Gasteiger partial charge in [0.05, 0.1) is 31.1 Å². The van der Waals surface area contributed by atoms with E-state index in [9.17, 15) is 9.59 Å². The van der Waals surface area contributed by atoms with Crippen LogP contribution in [0, 0.1) is 0 Å². The second kappa shape index (κ2) is 13.2. The maximum absolute atomic E-state index is 11.5. The van der Waals surface area contributed by atoms with Gasteiger partial charge in [0.2, 0.25) is 20.3 Å². The van der Waals surface area contributed by atoms with Crippen LogP contribution in [0.3, 0.4) is 0 Å². The predicted octanol–water partition coefficient (Wildman–Crippen LogP) is 3.01. The minimum Gasteiger partial charge on any atom is -0.476 e. The minimum absolute atomic E-state index is 0.00660. The van der Waals surface area contributed by atoms with E-state index in [1.165, 1.54) is 11.3 Å². The summed E-state index contributed by atoms with van der Waals surface area (Å²) in [6, 6.07) is 11.4. The van der Waals surface area contributed by atoms with E-state index in [1.807, 2.05) is 60.3 Å². The Bertz CT molecular complexity index is 1250. The summed E-state index contributed by atoms with van der Waals surface area (Å²) in [5.41, 5.74) is 1.82. The third-order valence-corrected chi connectivity index (χ3v) is 6.41. The maximum Gasteiger partial charge on any atom is 0.369 e. The molecule has 1 N–H and O–H groups in total. The Morgan fingerprint density at radius 2 is 1.33 bits per heavy atom. The molecule has 14 heteroatoms. The second-order valence-electron chi connectivity index (χ2n) is 7.16. The van der Waals surface area contributed by atoms with Crippen LogP contribution in [0.1, 0.15) is 37.9 Å². The zero-order valence-corrected chi connectivity index (χ0v) is 21.4. The Hall–Kier alpha value is -4.04. The van der Waals surface area contributed by atoms with Crippen LogP contribution in [0.25, 0.3) is 0 Å². The van der Waals surface area contributed by atoms with Crippen molar-refractivity contribution in [2.75, 3.05) is 30.5 Å². The molecule has 0 radical (unpaired) electrons. The second-order valence-corrected chi connectivity index (χ2v) is 9.07. The van der Waals surface area contributed by atoms with Crippen molar-refractivity contribution >= 4 is 44.9 Å². The molecule has 0 spiro atoms. The van der Waals surface area contributed by atoms with E-state index in [4.69, 9.17) is 9.84 Å². The number of aromatic carboxylic acids is 1. The monoisotopic (exact) mass is 528 g/mol. The first kappa shape index (κ1) is 26.6. The van der Waals surface area contributed by atoms with Gasteiger partial charge in [-0.1, -0.05) is 34.8 Å². The fraction of sp³-hybridized carbons (Fsp3) is 0.273. The molecule has 0 aliphatic rings. The summed E-state index contributed by atoms with van der Waals surface area (Å²) in [7, 11) is 3.70. The Morgan fingerprint density at radius 3 is 1.75 bits per heavy atom. The first-order valence-corrected chi connectivity index (χ1v) is 12.3. The van der Waals surface area contributed by atoms with Crippen molar-refractivity contribution in [1.82, 2.24) is 30.4 Å². The van der Waals surface area contributed by atoms with Crippen molar-refractivity contribution in [3.63, 3.8) is 0 Å². The number of hydrogen-bond donors (Lipinski definition) is 1. The van der Waals surface area contributed by atoms with Crippen molar-refractivity contribution in [2.45, 2.75) is 20.0 Å². The van der Waals surface area contributed by atoms with Crippen molar-refractivity contribution in [1.29, 1.82) is 0 Å². The van der Waals surface area contributed by atoms with Crippen molar-refractivity contribution in [3.05, 3.63) is 70.2 Å². The van der Waals surface area contributed by atoms with Gasteiger partial charge in [-0.2, -0.15) is 0 Å². The van der Waals surface area contributed by atoms with Crippen LogP contribution in [0.5, 0.6) is 0 Å². The lowest BCUT2D eigenvalue weighted by molar-refractivity contribution is 0.0524. The number of rotatable bonds is 9. The normalized spacial score (nSPS) is 10.2. The summed E-state index contributed by atoms with van der Waals surface area (Å²) in [4.78, 5) is 34.3. The lowest BCUT2D eigenvalue weighted by Gasteiger charge is -2.13. The van der Waals surface area contributed by atoms with Crippen LogP contribution in [0.2, 0.25) is 0 Å². The number of carbonyl (C=O) groups excluding carboxylic acids is 1. The van der Waals surface area contributed by atoms with Crippen LogP contribution in [-0.2, 0) is 17.8 Å². The standard InChI is InChI=1S/C12H14N4O2S.C10H10N4O2S/c1-3-18-11(17)10-14-15-12(19-10)16(2)8-9-6-4-5-7-13-9;1-14(6-7-4-2-3-5-11-7)10-13-12-8(17-10)9(15)16/h4-7H,3,8H2,1-2H3;2-5H,6H2,1H3,(H,15,16). The van der Waals surface area contributed by atoms with E-state index in [2.05, 4.69) is 30.4 Å². The van der Waals surface area contributed by atoms with E-state index in [0.717, 1.165) is 22.7 Å². The molecular formula is C22H24N8O4S2. The molecule has 12 nitrogen and oxygen atoms in total. The van der Waals surface area contributed by atoms with Crippen molar-refractivity contribution in [2.24, 2.45) is 0 Å². The lowest BCUT2D eigenvalue weighted by atomic mass is 10.3.